The average molecular weight is 430 g/mol. The van der Waals surface area contributed by atoms with Crippen LogP contribution in [0.4, 0.5) is 5.82 Å². The summed E-state index contributed by atoms with van der Waals surface area (Å²) in [7, 11) is -3.92. The van der Waals surface area contributed by atoms with E-state index in [1.165, 1.54) is 30.3 Å². The van der Waals surface area contributed by atoms with Gasteiger partial charge in [-0.1, -0.05) is 24.2 Å². The average Bonchev–Trinajstić information content (AvgIpc) is 3.15. The van der Waals surface area contributed by atoms with Crippen LogP contribution in [0.1, 0.15) is 35.0 Å². The Morgan fingerprint density at radius 1 is 1.20 bits per heavy atom. The van der Waals surface area contributed by atoms with Crippen molar-refractivity contribution in [1.82, 2.24) is 15.5 Å². The number of nitrogens with one attached hydrogen (secondary N) is 2. The van der Waals surface area contributed by atoms with E-state index in [0.717, 1.165) is 12.0 Å². The smallest absolute Gasteiger partial charge is 0.263 e. The topological polar surface area (TPSA) is 123 Å². The summed E-state index contributed by atoms with van der Waals surface area (Å²) in [5.74, 6) is 0.578. The fourth-order valence-corrected chi connectivity index (χ4v) is 3.61. The third-order valence-corrected chi connectivity index (χ3v) is 5.36. The number of amides is 1. The maximum Gasteiger partial charge on any atom is 0.263 e. The lowest BCUT2D eigenvalue weighted by atomic mass is 10.2. The molecule has 0 saturated carbocycles. The third kappa shape index (κ3) is 5.35. The van der Waals surface area contributed by atoms with Crippen molar-refractivity contribution >= 4 is 21.7 Å². The van der Waals surface area contributed by atoms with Crippen molar-refractivity contribution in [2.75, 3.05) is 11.3 Å². The minimum absolute atomic E-state index is 0.0656. The number of carbonyl (C=O) groups excluding carboxylic acids is 1. The molecule has 0 aliphatic heterocycles. The molecule has 30 heavy (non-hydrogen) atoms. The monoisotopic (exact) mass is 430 g/mol. The predicted molar refractivity (Wildman–Crippen MR) is 110 cm³/mol. The highest BCUT2D eigenvalue weighted by molar-refractivity contribution is 7.92. The summed E-state index contributed by atoms with van der Waals surface area (Å²) < 4.78 is 37.9. The molecule has 0 spiro atoms. The summed E-state index contributed by atoms with van der Waals surface area (Å²) in [5, 5.41) is 6.38. The minimum Gasteiger partial charge on any atom is -0.477 e. The first-order valence-corrected chi connectivity index (χ1v) is 10.8. The van der Waals surface area contributed by atoms with Crippen LogP contribution in [0.15, 0.2) is 58.1 Å². The van der Waals surface area contributed by atoms with E-state index in [1.54, 1.807) is 19.2 Å². The number of aromatic nitrogens is 2. The Morgan fingerprint density at radius 2 is 2.03 bits per heavy atom. The molecule has 2 heterocycles. The van der Waals surface area contributed by atoms with Crippen LogP contribution in [0.5, 0.6) is 5.88 Å². The molecule has 2 aromatic heterocycles. The van der Waals surface area contributed by atoms with Crippen LogP contribution in [-0.4, -0.2) is 31.1 Å². The summed E-state index contributed by atoms with van der Waals surface area (Å²) in [5.41, 5.74) is 0.931. The molecule has 3 rings (SSSR count). The van der Waals surface area contributed by atoms with E-state index in [9.17, 15) is 13.2 Å². The first kappa shape index (κ1) is 21.3. The molecule has 158 valence electrons. The van der Waals surface area contributed by atoms with Gasteiger partial charge in [-0.3, -0.25) is 9.52 Å². The van der Waals surface area contributed by atoms with E-state index in [0.29, 0.717) is 18.2 Å². The van der Waals surface area contributed by atoms with Gasteiger partial charge < -0.3 is 14.6 Å². The number of benzene rings is 1. The number of aryl methyl sites for hydroxylation is 1. The van der Waals surface area contributed by atoms with Crippen molar-refractivity contribution in [3.63, 3.8) is 0 Å². The van der Waals surface area contributed by atoms with E-state index in [-0.39, 0.29) is 22.8 Å². The van der Waals surface area contributed by atoms with Crippen molar-refractivity contribution in [1.29, 1.82) is 0 Å². The molecule has 1 aromatic carbocycles. The first-order chi connectivity index (χ1) is 14.4. The van der Waals surface area contributed by atoms with Crippen molar-refractivity contribution in [3.05, 3.63) is 65.5 Å². The summed E-state index contributed by atoms with van der Waals surface area (Å²) in [6.45, 7) is 4.36. The number of ether oxygens (including phenoxy) is 1. The van der Waals surface area contributed by atoms with Gasteiger partial charge in [0.05, 0.1) is 11.5 Å². The molecule has 2 N–H and O–H groups in total. The van der Waals surface area contributed by atoms with Crippen LogP contribution in [0.3, 0.4) is 0 Å². The maximum absolute atomic E-state index is 12.6. The molecular weight excluding hydrogens is 408 g/mol. The Hall–Kier alpha value is -3.40. The van der Waals surface area contributed by atoms with Crippen LogP contribution in [0.2, 0.25) is 0 Å². The molecule has 3 aromatic rings. The lowest BCUT2D eigenvalue weighted by Crippen LogP contribution is -2.24. The van der Waals surface area contributed by atoms with E-state index >= 15 is 0 Å². The molecule has 1 amide bonds. The maximum atomic E-state index is 12.6. The summed E-state index contributed by atoms with van der Waals surface area (Å²) in [6.07, 6.45) is 2.46. The van der Waals surface area contributed by atoms with Crippen LogP contribution in [0.25, 0.3) is 0 Å². The van der Waals surface area contributed by atoms with Gasteiger partial charge in [0.25, 0.3) is 15.9 Å². The normalized spacial score (nSPS) is 11.1. The molecule has 0 radical (unpaired) electrons. The van der Waals surface area contributed by atoms with Gasteiger partial charge >= 0.3 is 0 Å². The Labute approximate surface area is 174 Å². The summed E-state index contributed by atoms with van der Waals surface area (Å²) >= 11 is 0. The molecule has 9 nitrogen and oxygen atoms in total. The first-order valence-electron chi connectivity index (χ1n) is 9.30. The molecular formula is C20H22N4O5S. The van der Waals surface area contributed by atoms with Gasteiger partial charge in [-0.2, -0.15) is 0 Å². The molecule has 0 fully saturated rings. The number of anilines is 1. The summed E-state index contributed by atoms with van der Waals surface area (Å²) in [4.78, 5) is 16.7. The molecule has 0 unspecified atom stereocenters. The summed E-state index contributed by atoms with van der Waals surface area (Å²) in [6, 6.07) is 10.7. The quantitative estimate of drug-likeness (QED) is 0.535. The second-order valence-corrected chi connectivity index (χ2v) is 8.14. The zero-order chi connectivity index (χ0) is 21.6. The van der Waals surface area contributed by atoms with E-state index in [1.807, 2.05) is 13.0 Å². The van der Waals surface area contributed by atoms with Crippen molar-refractivity contribution in [3.8, 4) is 5.88 Å². The number of nitrogens with zero attached hydrogens (tertiary/aromatic N) is 2. The second kappa shape index (κ2) is 9.40. The standard InChI is InChI=1S/C20H22N4O5S/c1-3-10-28-20-16(7-5-9-21-20)13-22-19(25)15-6-4-8-17(12-15)30(26,27)24-18-11-14(2)29-23-18/h4-9,11-12H,3,10,13H2,1-2H3,(H,22,25)(H,23,24). The molecule has 0 aliphatic rings. The van der Waals surface area contributed by atoms with E-state index in [4.69, 9.17) is 9.26 Å². The Morgan fingerprint density at radius 3 is 2.77 bits per heavy atom. The molecule has 10 heteroatoms. The third-order valence-electron chi connectivity index (χ3n) is 4.01. The van der Waals surface area contributed by atoms with Crippen LogP contribution in [-0.2, 0) is 16.6 Å². The number of hydrogen-bond donors (Lipinski definition) is 2. The fourth-order valence-electron chi connectivity index (χ4n) is 2.58. The zero-order valence-corrected chi connectivity index (χ0v) is 17.4. The molecule has 0 bridgehead atoms. The van der Waals surface area contributed by atoms with Gasteiger partial charge in [0, 0.05) is 29.9 Å². The van der Waals surface area contributed by atoms with Crippen LogP contribution >= 0.6 is 0 Å². The highest BCUT2D eigenvalue weighted by Gasteiger charge is 2.18. The number of carbonyl (C=O) groups is 1. The van der Waals surface area contributed by atoms with Crippen molar-refractivity contribution in [2.24, 2.45) is 0 Å². The molecule has 0 aliphatic carbocycles. The fraction of sp³-hybridized carbons (Fsp3) is 0.250. The minimum atomic E-state index is -3.92. The van der Waals surface area contributed by atoms with E-state index < -0.39 is 15.9 Å². The lowest BCUT2D eigenvalue weighted by Gasteiger charge is -2.11. The predicted octanol–water partition coefficient (Wildman–Crippen LogP) is 2.90. The highest BCUT2D eigenvalue weighted by atomic mass is 32.2. The van der Waals surface area contributed by atoms with Gasteiger partial charge in [-0.05, 0) is 37.6 Å². The molecule has 0 atom stereocenters. The number of hydrogen-bond acceptors (Lipinski definition) is 7. The van der Waals surface area contributed by atoms with Gasteiger partial charge in [0.1, 0.15) is 5.76 Å². The second-order valence-electron chi connectivity index (χ2n) is 6.45. The van der Waals surface area contributed by atoms with Gasteiger partial charge in [-0.25, -0.2) is 13.4 Å². The molecule has 0 saturated heterocycles. The highest BCUT2D eigenvalue weighted by Crippen LogP contribution is 2.18. The Kier molecular flexibility index (Phi) is 6.68. The van der Waals surface area contributed by atoms with E-state index in [2.05, 4.69) is 20.2 Å². The Balaban J connectivity index is 1.71. The van der Waals surface area contributed by atoms with Gasteiger partial charge in [-0.15, -0.1) is 0 Å². The van der Waals surface area contributed by atoms with Crippen LogP contribution in [0, 0.1) is 6.92 Å². The van der Waals surface area contributed by atoms with Gasteiger partial charge in [0.15, 0.2) is 5.82 Å². The SMILES string of the molecule is CCCOc1ncccc1CNC(=O)c1cccc(S(=O)(=O)Nc2cc(C)on2)c1. The largest absolute Gasteiger partial charge is 0.477 e. The number of rotatable bonds is 9. The number of sulfonamides is 1. The Bertz CT molecular complexity index is 1130. The van der Waals surface area contributed by atoms with Crippen LogP contribution < -0.4 is 14.8 Å². The van der Waals surface area contributed by atoms with Crippen molar-refractivity contribution in [2.45, 2.75) is 31.7 Å². The van der Waals surface area contributed by atoms with Gasteiger partial charge in [0.2, 0.25) is 5.88 Å². The number of pyridine rings is 1. The lowest BCUT2D eigenvalue weighted by molar-refractivity contribution is 0.0950. The van der Waals surface area contributed by atoms with Crippen molar-refractivity contribution < 1.29 is 22.5 Å². The zero-order valence-electron chi connectivity index (χ0n) is 16.6.